The van der Waals surface area contributed by atoms with E-state index in [9.17, 15) is 10.1 Å². The van der Waals surface area contributed by atoms with Crippen molar-refractivity contribution in [3.05, 3.63) is 11.8 Å². The van der Waals surface area contributed by atoms with Crippen LogP contribution < -0.4 is 16.0 Å². The number of nitriles is 1. The molecule has 1 amide bonds. The summed E-state index contributed by atoms with van der Waals surface area (Å²) in [5, 5.41) is 18.8. The minimum absolute atomic E-state index is 0.176. The smallest absolute Gasteiger partial charge is 0.263 e. The van der Waals surface area contributed by atoms with Gasteiger partial charge in [-0.05, 0) is 43.9 Å². The van der Waals surface area contributed by atoms with Crippen LogP contribution in [0, 0.1) is 29.1 Å². The highest BCUT2D eigenvalue weighted by molar-refractivity contribution is 5.97. The fourth-order valence-corrected chi connectivity index (χ4v) is 4.75. The number of fused-ring (bicyclic) bond motifs is 2. The summed E-state index contributed by atoms with van der Waals surface area (Å²) in [6, 6.07) is 2.36. The summed E-state index contributed by atoms with van der Waals surface area (Å²) in [5.41, 5.74) is 0.176. The number of hydrogen-bond acceptors (Lipinski definition) is 5. The maximum Gasteiger partial charge on any atom is 0.263 e. The van der Waals surface area contributed by atoms with Crippen molar-refractivity contribution in [2.24, 2.45) is 17.8 Å². The molecule has 1 heterocycles. The SMILES string of the molecule is CC(N/C=C(/C#N)C(=O)NCCN1CCNCC1)C1CC2CCC1C2. The highest BCUT2D eigenvalue weighted by atomic mass is 16.1. The van der Waals surface area contributed by atoms with E-state index in [1.807, 2.05) is 6.07 Å². The quantitative estimate of drug-likeness (QED) is 0.470. The van der Waals surface area contributed by atoms with Crippen molar-refractivity contribution in [3.8, 4) is 6.07 Å². The summed E-state index contributed by atoms with van der Waals surface area (Å²) < 4.78 is 0. The van der Waals surface area contributed by atoms with Gasteiger partial charge in [-0.25, -0.2) is 0 Å². The van der Waals surface area contributed by atoms with E-state index in [4.69, 9.17) is 0 Å². The lowest BCUT2D eigenvalue weighted by molar-refractivity contribution is -0.117. The Bertz CT molecular complexity index is 534. The normalized spacial score (nSPS) is 30.7. The molecule has 0 radical (unpaired) electrons. The summed E-state index contributed by atoms with van der Waals surface area (Å²) in [5.74, 6) is 2.15. The highest BCUT2D eigenvalue weighted by Gasteiger charge is 2.41. The molecule has 0 spiro atoms. The molecule has 0 aromatic rings. The molecule has 3 rings (SSSR count). The lowest BCUT2D eigenvalue weighted by Gasteiger charge is -2.28. The van der Waals surface area contributed by atoms with Crippen LogP contribution in [0.3, 0.4) is 0 Å². The molecule has 0 aromatic carbocycles. The number of piperazine rings is 1. The first-order valence-electron chi connectivity index (χ1n) is 9.75. The molecule has 138 valence electrons. The zero-order chi connectivity index (χ0) is 17.6. The first-order chi connectivity index (χ1) is 12.2. The summed E-state index contributed by atoms with van der Waals surface area (Å²) >= 11 is 0. The molecule has 4 unspecified atom stereocenters. The van der Waals surface area contributed by atoms with Gasteiger partial charge in [0.15, 0.2) is 0 Å². The van der Waals surface area contributed by atoms with E-state index in [0.717, 1.165) is 44.6 Å². The Morgan fingerprint density at radius 1 is 1.36 bits per heavy atom. The first kappa shape index (κ1) is 18.2. The van der Waals surface area contributed by atoms with Crippen molar-refractivity contribution in [2.45, 2.75) is 38.6 Å². The molecule has 3 fully saturated rings. The summed E-state index contributed by atoms with van der Waals surface area (Å²) in [6.45, 7) is 7.63. The molecule has 2 bridgehead atoms. The van der Waals surface area contributed by atoms with Crippen LogP contribution in [0.2, 0.25) is 0 Å². The standard InChI is InChI=1S/C19H31N5O/c1-14(18-11-15-2-3-16(18)10-15)23-13-17(12-20)19(25)22-6-9-24-7-4-21-5-8-24/h13-16,18,21,23H,2-11H2,1H3,(H,22,25)/b17-13-. The van der Waals surface area contributed by atoms with E-state index in [-0.39, 0.29) is 11.5 Å². The van der Waals surface area contributed by atoms with Crippen LogP contribution >= 0.6 is 0 Å². The Morgan fingerprint density at radius 3 is 2.80 bits per heavy atom. The van der Waals surface area contributed by atoms with Gasteiger partial charge in [0.05, 0.1) is 0 Å². The molecule has 1 saturated heterocycles. The second kappa shape index (κ2) is 8.68. The number of rotatable bonds is 7. The van der Waals surface area contributed by atoms with E-state index in [2.05, 4.69) is 27.8 Å². The second-order valence-corrected chi connectivity index (χ2v) is 7.81. The van der Waals surface area contributed by atoms with E-state index >= 15 is 0 Å². The number of nitrogens with one attached hydrogen (secondary N) is 3. The molecule has 4 atom stereocenters. The van der Waals surface area contributed by atoms with Gasteiger partial charge in [-0.1, -0.05) is 6.42 Å². The maximum atomic E-state index is 12.2. The third-order valence-electron chi connectivity index (χ3n) is 6.21. The van der Waals surface area contributed by atoms with Gasteiger partial charge in [-0.15, -0.1) is 0 Å². The van der Waals surface area contributed by atoms with E-state index < -0.39 is 0 Å². The van der Waals surface area contributed by atoms with Crippen LogP contribution in [0.1, 0.15) is 32.6 Å². The van der Waals surface area contributed by atoms with Crippen LogP contribution in [0.5, 0.6) is 0 Å². The fourth-order valence-electron chi connectivity index (χ4n) is 4.75. The van der Waals surface area contributed by atoms with Crippen molar-refractivity contribution >= 4 is 5.91 Å². The monoisotopic (exact) mass is 345 g/mol. The molecule has 2 aliphatic carbocycles. The van der Waals surface area contributed by atoms with Crippen LogP contribution in [-0.2, 0) is 4.79 Å². The third kappa shape index (κ3) is 4.74. The topological polar surface area (TPSA) is 80.2 Å². The predicted molar refractivity (Wildman–Crippen MR) is 97.6 cm³/mol. The van der Waals surface area contributed by atoms with E-state index in [0.29, 0.717) is 18.5 Å². The van der Waals surface area contributed by atoms with Gasteiger partial charge < -0.3 is 16.0 Å². The van der Waals surface area contributed by atoms with Gasteiger partial charge in [0.25, 0.3) is 5.91 Å². The first-order valence-corrected chi connectivity index (χ1v) is 9.75. The molecule has 3 N–H and O–H groups in total. The number of hydrogen-bond donors (Lipinski definition) is 3. The summed E-state index contributed by atoms with van der Waals surface area (Å²) in [4.78, 5) is 14.5. The van der Waals surface area contributed by atoms with Gasteiger partial charge in [0.1, 0.15) is 11.6 Å². The molecular weight excluding hydrogens is 314 g/mol. The van der Waals surface area contributed by atoms with Crippen molar-refractivity contribution in [1.82, 2.24) is 20.9 Å². The number of nitrogens with zero attached hydrogens (tertiary/aromatic N) is 2. The largest absolute Gasteiger partial charge is 0.387 e. The maximum absolute atomic E-state index is 12.2. The predicted octanol–water partition coefficient (Wildman–Crippen LogP) is 0.830. The molecular formula is C19H31N5O. The summed E-state index contributed by atoms with van der Waals surface area (Å²) in [6.07, 6.45) is 7.03. The minimum Gasteiger partial charge on any atom is -0.387 e. The number of amides is 1. The molecule has 6 nitrogen and oxygen atoms in total. The minimum atomic E-state index is -0.273. The highest BCUT2D eigenvalue weighted by Crippen LogP contribution is 2.49. The number of carbonyl (C=O) groups excluding carboxylic acids is 1. The molecule has 3 aliphatic rings. The van der Waals surface area contributed by atoms with Gasteiger partial charge in [-0.3, -0.25) is 9.69 Å². The van der Waals surface area contributed by atoms with Crippen LogP contribution in [0.4, 0.5) is 0 Å². The molecule has 1 aliphatic heterocycles. The lowest BCUT2D eigenvalue weighted by Crippen LogP contribution is -2.46. The van der Waals surface area contributed by atoms with Crippen LogP contribution in [0.15, 0.2) is 11.8 Å². The fraction of sp³-hybridized carbons (Fsp3) is 0.789. The molecule has 25 heavy (non-hydrogen) atoms. The zero-order valence-corrected chi connectivity index (χ0v) is 15.3. The average molecular weight is 345 g/mol. The van der Waals surface area contributed by atoms with Crippen LogP contribution in [-0.4, -0.2) is 56.1 Å². The Morgan fingerprint density at radius 2 is 2.16 bits per heavy atom. The van der Waals surface area contributed by atoms with Crippen molar-refractivity contribution < 1.29 is 4.79 Å². The zero-order valence-electron chi connectivity index (χ0n) is 15.3. The van der Waals surface area contributed by atoms with Crippen molar-refractivity contribution in [1.29, 1.82) is 5.26 Å². The Hall–Kier alpha value is -1.58. The molecule has 0 aromatic heterocycles. The van der Waals surface area contributed by atoms with Crippen LogP contribution in [0.25, 0.3) is 0 Å². The third-order valence-corrected chi connectivity index (χ3v) is 6.21. The van der Waals surface area contributed by atoms with E-state index in [1.165, 1.54) is 25.7 Å². The van der Waals surface area contributed by atoms with Crippen molar-refractivity contribution in [2.75, 3.05) is 39.3 Å². The molecule has 2 saturated carbocycles. The van der Waals surface area contributed by atoms with Gasteiger partial charge in [-0.2, -0.15) is 5.26 Å². The Labute approximate surface area is 151 Å². The Balaban J connectivity index is 1.41. The van der Waals surface area contributed by atoms with Gasteiger partial charge in [0, 0.05) is 51.5 Å². The van der Waals surface area contributed by atoms with E-state index in [1.54, 1.807) is 6.20 Å². The van der Waals surface area contributed by atoms with Gasteiger partial charge in [0.2, 0.25) is 0 Å². The van der Waals surface area contributed by atoms with Crippen molar-refractivity contribution in [3.63, 3.8) is 0 Å². The second-order valence-electron chi connectivity index (χ2n) is 7.81. The average Bonchev–Trinajstić information content (AvgIpc) is 3.26. The summed E-state index contributed by atoms with van der Waals surface area (Å²) in [7, 11) is 0. The molecule has 6 heteroatoms. The number of carbonyl (C=O) groups is 1. The Kier molecular flexibility index (Phi) is 6.33. The lowest BCUT2D eigenvalue weighted by atomic mass is 9.84. The van der Waals surface area contributed by atoms with Gasteiger partial charge >= 0.3 is 0 Å².